The fraction of sp³-hybridized carbons (Fsp3) is 0. The van der Waals surface area contributed by atoms with Gasteiger partial charge in [-0.25, -0.2) is 0 Å². The predicted molar refractivity (Wildman–Crippen MR) is 115 cm³/mol. The van der Waals surface area contributed by atoms with E-state index in [1.807, 2.05) is 12.3 Å². The Morgan fingerprint density at radius 1 is 0.654 bits per heavy atom. The van der Waals surface area contributed by atoms with Crippen LogP contribution in [0.5, 0.6) is 0 Å². The van der Waals surface area contributed by atoms with Gasteiger partial charge in [-0.2, -0.15) is 0 Å². The minimum absolute atomic E-state index is 1.03. The number of para-hydroxylation sites is 1. The molecule has 0 aromatic heterocycles. The molecule has 0 radical (unpaired) electrons. The molecule has 0 saturated carbocycles. The van der Waals surface area contributed by atoms with Gasteiger partial charge in [0.25, 0.3) is 0 Å². The Morgan fingerprint density at radius 2 is 1.42 bits per heavy atom. The number of rotatable bonds is 1. The number of hydrogen-bond acceptors (Lipinski definition) is 2. The fourth-order valence-corrected chi connectivity index (χ4v) is 4.91. The van der Waals surface area contributed by atoms with Gasteiger partial charge < -0.3 is 0 Å². The second kappa shape index (κ2) is 6.42. The monoisotopic (exact) mass is 415 g/mol. The molecular weight excluding hydrogens is 402 g/mol. The third-order valence-corrected chi connectivity index (χ3v) is 6.48. The molecule has 4 aromatic rings. The van der Waals surface area contributed by atoms with E-state index in [1.54, 1.807) is 11.8 Å². The SMILES string of the molecule is Brc1ccc(-c2cccc3c2C=Nc2ccccc2S3)c2ccccc12. The third-order valence-electron chi connectivity index (χ3n) is 4.65. The Labute approximate surface area is 164 Å². The van der Waals surface area contributed by atoms with Crippen LogP contribution >= 0.6 is 27.7 Å². The van der Waals surface area contributed by atoms with Crippen LogP contribution in [0.25, 0.3) is 21.9 Å². The first-order valence-electron chi connectivity index (χ1n) is 8.43. The molecule has 0 saturated heterocycles. The van der Waals surface area contributed by atoms with Crippen molar-refractivity contribution in [3.63, 3.8) is 0 Å². The standard InChI is InChI=1S/C23H14BrNS/c24-20-13-12-17(15-6-1-2-7-18(15)20)16-8-5-11-22-19(16)14-25-21-9-3-4-10-23(21)26-22/h1-14H. The zero-order valence-corrected chi connectivity index (χ0v) is 16.2. The molecule has 0 amide bonds. The summed E-state index contributed by atoms with van der Waals surface area (Å²) in [6.07, 6.45) is 2.01. The third kappa shape index (κ3) is 2.59. The van der Waals surface area contributed by atoms with E-state index in [2.05, 4.69) is 88.7 Å². The van der Waals surface area contributed by atoms with E-state index < -0.39 is 0 Å². The van der Waals surface area contributed by atoms with Crippen molar-refractivity contribution in [2.75, 3.05) is 0 Å². The van der Waals surface area contributed by atoms with E-state index in [0.717, 1.165) is 10.2 Å². The van der Waals surface area contributed by atoms with Gasteiger partial charge in [-0.05, 0) is 46.2 Å². The molecule has 0 fully saturated rings. The first kappa shape index (κ1) is 15.9. The van der Waals surface area contributed by atoms with Crippen LogP contribution < -0.4 is 0 Å². The highest BCUT2D eigenvalue weighted by atomic mass is 79.9. The molecule has 1 nitrogen and oxygen atoms in total. The number of fused-ring (bicyclic) bond motifs is 3. The molecule has 5 rings (SSSR count). The number of hydrogen-bond donors (Lipinski definition) is 0. The first-order valence-corrected chi connectivity index (χ1v) is 10.0. The van der Waals surface area contributed by atoms with Crippen molar-refractivity contribution in [1.82, 2.24) is 0 Å². The molecule has 3 heteroatoms. The van der Waals surface area contributed by atoms with Gasteiger partial charge in [0.05, 0.1) is 5.69 Å². The van der Waals surface area contributed by atoms with Crippen molar-refractivity contribution in [2.45, 2.75) is 9.79 Å². The van der Waals surface area contributed by atoms with Crippen molar-refractivity contribution < 1.29 is 0 Å². The number of benzene rings is 4. The van der Waals surface area contributed by atoms with Crippen LogP contribution in [0.4, 0.5) is 5.69 Å². The summed E-state index contributed by atoms with van der Waals surface area (Å²) in [6.45, 7) is 0. The minimum atomic E-state index is 1.03. The normalized spacial score (nSPS) is 12.5. The molecule has 0 aliphatic carbocycles. The Bertz CT molecular complexity index is 1180. The van der Waals surface area contributed by atoms with Crippen molar-refractivity contribution in [2.24, 2.45) is 4.99 Å². The van der Waals surface area contributed by atoms with Crippen LogP contribution in [0.3, 0.4) is 0 Å². The van der Waals surface area contributed by atoms with Crippen LogP contribution in [0.1, 0.15) is 5.56 Å². The Balaban J connectivity index is 1.77. The lowest BCUT2D eigenvalue weighted by Crippen LogP contribution is -1.92. The predicted octanol–water partition coefficient (Wildman–Crippen LogP) is 7.48. The van der Waals surface area contributed by atoms with Crippen molar-refractivity contribution in [3.8, 4) is 11.1 Å². The second-order valence-corrected chi connectivity index (χ2v) is 8.12. The highest BCUT2D eigenvalue weighted by molar-refractivity contribution is 9.10. The molecule has 1 heterocycles. The lowest BCUT2D eigenvalue weighted by molar-refractivity contribution is 1.39. The van der Waals surface area contributed by atoms with Crippen molar-refractivity contribution >= 4 is 50.4 Å². The Morgan fingerprint density at radius 3 is 2.35 bits per heavy atom. The molecule has 1 aliphatic heterocycles. The second-order valence-electron chi connectivity index (χ2n) is 6.19. The summed E-state index contributed by atoms with van der Waals surface area (Å²) in [4.78, 5) is 7.19. The van der Waals surface area contributed by atoms with Gasteiger partial charge in [-0.1, -0.05) is 82.3 Å². The van der Waals surface area contributed by atoms with Crippen LogP contribution in [0, 0.1) is 0 Å². The Kier molecular flexibility index (Phi) is 3.92. The fourth-order valence-electron chi connectivity index (χ4n) is 3.40. The summed E-state index contributed by atoms with van der Waals surface area (Å²) in [6, 6.07) is 27.7. The molecule has 0 bridgehead atoms. The zero-order chi connectivity index (χ0) is 17.5. The van der Waals surface area contributed by atoms with Crippen LogP contribution in [0.2, 0.25) is 0 Å². The van der Waals surface area contributed by atoms with Gasteiger partial charge in [0, 0.05) is 26.0 Å². The molecule has 124 valence electrons. The van der Waals surface area contributed by atoms with Crippen LogP contribution in [-0.4, -0.2) is 6.21 Å². The van der Waals surface area contributed by atoms with Gasteiger partial charge in [0.2, 0.25) is 0 Å². The van der Waals surface area contributed by atoms with Gasteiger partial charge in [-0.15, -0.1) is 0 Å². The van der Waals surface area contributed by atoms with E-state index in [9.17, 15) is 0 Å². The van der Waals surface area contributed by atoms with Gasteiger partial charge >= 0.3 is 0 Å². The Hall–Kier alpha value is -2.36. The van der Waals surface area contributed by atoms with E-state index in [-0.39, 0.29) is 0 Å². The number of aliphatic imine (C=N–C) groups is 1. The van der Waals surface area contributed by atoms with E-state index in [1.165, 1.54) is 37.3 Å². The van der Waals surface area contributed by atoms with Gasteiger partial charge in [0.1, 0.15) is 0 Å². The first-order chi connectivity index (χ1) is 12.8. The zero-order valence-electron chi connectivity index (χ0n) is 13.8. The molecule has 0 N–H and O–H groups in total. The maximum atomic E-state index is 4.76. The highest BCUT2D eigenvalue weighted by Crippen LogP contribution is 2.43. The van der Waals surface area contributed by atoms with E-state index in [0.29, 0.717) is 0 Å². The molecule has 0 spiro atoms. The average Bonchev–Trinajstić information content (AvgIpc) is 2.88. The summed E-state index contributed by atoms with van der Waals surface area (Å²) >= 11 is 5.47. The molecule has 0 atom stereocenters. The molecule has 1 aliphatic rings. The van der Waals surface area contributed by atoms with Gasteiger partial charge in [-0.3, -0.25) is 4.99 Å². The molecule has 26 heavy (non-hydrogen) atoms. The highest BCUT2D eigenvalue weighted by Gasteiger charge is 2.16. The number of nitrogens with zero attached hydrogens (tertiary/aromatic N) is 1. The summed E-state index contributed by atoms with van der Waals surface area (Å²) in [5.41, 5.74) is 4.66. The summed E-state index contributed by atoms with van der Waals surface area (Å²) in [5, 5.41) is 2.47. The van der Waals surface area contributed by atoms with Crippen molar-refractivity contribution in [1.29, 1.82) is 0 Å². The maximum absolute atomic E-state index is 4.76. The number of halogens is 1. The van der Waals surface area contributed by atoms with Crippen molar-refractivity contribution in [3.05, 3.63) is 88.9 Å². The molecular formula is C23H14BrNS. The topological polar surface area (TPSA) is 12.4 Å². The smallest absolute Gasteiger partial charge is 0.0769 e. The summed E-state index contributed by atoms with van der Waals surface area (Å²) < 4.78 is 1.12. The maximum Gasteiger partial charge on any atom is 0.0769 e. The van der Waals surface area contributed by atoms with Crippen LogP contribution in [-0.2, 0) is 0 Å². The van der Waals surface area contributed by atoms with Crippen LogP contribution in [0.15, 0.2) is 98.1 Å². The largest absolute Gasteiger partial charge is 0.255 e. The van der Waals surface area contributed by atoms with Gasteiger partial charge in [0.15, 0.2) is 0 Å². The lowest BCUT2D eigenvalue weighted by atomic mass is 9.95. The minimum Gasteiger partial charge on any atom is -0.255 e. The van der Waals surface area contributed by atoms with E-state index in [4.69, 9.17) is 4.99 Å². The average molecular weight is 416 g/mol. The van der Waals surface area contributed by atoms with E-state index >= 15 is 0 Å². The lowest BCUT2D eigenvalue weighted by Gasteiger charge is -2.13. The molecule has 4 aromatic carbocycles. The summed E-state index contributed by atoms with van der Waals surface area (Å²) in [5.74, 6) is 0. The molecule has 0 unspecified atom stereocenters. The quantitative estimate of drug-likeness (QED) is 0.276. The summed E-state index contributed by atoms with van der Waals surface area (Å²) in [7, 11) is 0.